The number of nitrogens with zero attached hydrogens (tertiary/aromatic N) is 2. The summed E-state index contributed by atoms with van der Waals surface area (Å²) in [6.45, 7) is 4.57. The Bertz CT molecular complexity index is 260. The summed E-state index contributed by atoms with van der Waals surface area (Å²) >= 11 is 0. The Morgan fingerprint density at radius 3 is 2.87 bits per heavy atom. The van der Waals surface area contributed by atoms with Gasteiger partial charge in [0.2, 0.25) is 0 Å². The summed E-state index contributed by atoms with van der Waals surface area (Å²) in [5.74, 6) is 0. The van der Waals surface area contributed by atoms with Crippen LogP contribution < -0.4 is 5.73 Å². The fourth-order valence-corrected chi connectivity index (χ4v) is 1.39. The van der Waals surface area contributed by atoms with Crippen molar-refractivity contribution in [3.63, 3.8) is 0 Å². The maximum atomic E-state index is 5.54. The molecule has 4 heteroatoms. The highest BCUT2D eigenvalue weighted by molar-refractivity contribution is 5.30. The molecule has 1 rings (SSSR count). The van der Waals surface area contributed by atoms with Gasteiger partial charge < -0.3 is 10.5 Å². The number of anilines is 1. The van der Waals surface area contributed by atoms with E-state index in [1.165, 1.54) is 19.3 Å². The van der Waals surface area contributed by atoms with E-state index in [0.717, 1.165) is 19.6 Å². The summed E-state index contributed by atoms with van der Waals surface area (Å²) in [5.41, 5.74) is 6.25. The number of aromatic nitrogens is 2. The van der Waals surface area contributed by atoms with Crippen LogP contribution in [0.1, 0.15) is 32.6 Å². The van der Waals surface area contributed by atoms with Gasteiger partial charge in [0.25, 0.3) is 0 Å². The molecule has 86 valence electrons. The maximum Gasteiger partial charge on any atom is 0.0719 e. The molecule has 0 saturated carbocycles. The van der Waals surface area contributed by atoms with Gasteiger partial charge in [-0.1, -0.05) is 26.2 Å². The first-order valence-corrected chi connectivity index (χ1v) is 5.68. The second-order valence-corrected chi connectivity index (χ2v) is 3.71. The van der Waals surface area contributed by atoms with E-state index in [2.05, 4.69) is 12.0 Å². The standard InChI is InChI=1S/C11H21N3O/c1-2-3-4-5-7-15-8-6-14-10-11(12)9-13-14/h9-10H,2-8,12H2,1H3. The highest BCUT2D eigenvalue weighted by Crippen LogP contribution is 2.00. The molecule has 0 fully saturated rings. The summed E-state index contributed by atoms with van der Waals surface area (Å²) in [6.07, 6.45) is 8.48. The predicted octanol–water partition coefficient (Wildman–Crippen LogP) is 2.06. The SMILES string of the molecule is CCCCCCOCCn1cc(N)cn1. The summed E-state index contributed by atoms with van der Waals surface area (Å²) < 4.78 is 7.30. The Morgan fingerprint density at radius 1 is 1.33 bits per heavy atom. The minimum absolute atomic E-state index is 0.706. The van der Waals surface area contributed by atoms with E-state index in [4.69, 9.17) is 10.5 Å². The van der Waals surface area contributed by atoms with Crippen LogP contribution in [0.15, 0.2) is 12.4 Å². The Labute approximate surface area is 91.4 Å². The maximum absolute atomic E-state index is 5.54. The van der Waals surface area contributed by atoms with Crippen LogP contribution >= 0.6 is 0 Å². The van der Waals surface area contributed by atoms with Gasteiger partial charge in [0, 0.05) is 12.8 Å². The normalized spacial score (nSPS) is 10.7. The van der Waals surface area contributed by atoms with Crippen LogP contribution in [0.5, 0.6) is 0 Å². The van der Waals surface area contributed by atoms with Gasteiger partial charge in [0.15, 0.2) is 0 Å². The monoisotopic (exact) mass is 211 g/mol. The quantitative estimate of drug-likeness (QED) is 0.670. The molecule has 0 aliphatic heterocycles. The van der Waals surface area contributed by atoms with E-state index in [9.17, 15) is 0 Å². The lowest BCUT2D eigenvalue weighted by molar-refractivity contribution is 0.120. The van der Waals surface area contributed by atoms with Gasteiger partial charge >= 0.3 is 0 Å². The topological polar surface area (TPSA) is 53.1 Å². The van der Waals surface area contributed by atoms with Crippen LogP contribution in [-0.4, -0.2) is 23.0 Å². The van der Waals surface area contributed by atoms with Gasteiger partial charge in [-0.2, -0.15) is 5.10 Å². The first-order valence-electron chi connectivity index (χ1n) is 5.68. The summed E-state index contributed by atoms with van der Waals surface area (Å²) in [7, 11) is 0. The van der Waals surface area contributed by atoms with Crippen LogP contribution in [0.4, 0.5) is 5.69 Å². The summed E-state index contributed by atoms with van der Waals surface area (Å²) in [5, 5.41) is 4.07. The van der Waals surface area contributed by atoms with Crippen LogP contribution in [0.3, 0.4) is 0 Å². The molecule has 4 nitrogen and oxygen atoms in total. The fraction of sp³-hybridized carbons (Fsp3) is 0.727. The zero-order valence-electron chi connectivity index (χ0n) is 9.48. The molecule has 15 heavy (non-hydrogen) atoms. The minimum atomic E-state index is 0.706. The second-order valence-electron chi connectivity index (χ2n) is 3.71. The van der Waals surface area contributed by atoms with Crippen molar-refractivity contribution in [1.29, 1.82) is 0 Å². The van der Waals surface area contributed by atoms with Crippen molar-refractivity contribution in [3.05, 3.63) is 12.4 Å². The van der Waals surface area contributed by atoms with Gasteiger partial charge in [-0.05, 0) is 6.42 Å². The van der Waals surface area contributed by atoms with Gasteiger partial charge in [-0.15, -0.1) is 0 Å². The average Bonchev–Trinajstić information content (AvgIpc) is 2.63. The van der Waals surface area contributed by atoms with Crippen LogP contribution in [0.2, 0.25) is 0 Å². The van der Waals surface area contributed by atoms with E-state index in [1.54, 1.807) is 10.9 Å². The number of rotatable bonds is 8. The lowest BCUT2D eigenvalue weighted by atomic mass is 10.2. The lowest BCUT2D eigenvalue weighted by Crippen LogP contribution is -2.07. The van der Waals surface area contributed by atoms with Crippen LogP contribution in [-0.2, 0) is 11.3 Å². The molecule has 0 radical (unpaired) electrons. The number of unbranched alkanes of at least 4 members (excludes halogenated alkanes) is 3. The molecule has 1 aromatic rings. The molecule has 0 aliphatic carbocycles. The first kappa shape index (κ1) is 12.0. The molecule has 2 N–H and O–H groups in total. The largest absolute Gasteiger partial charge is 0.396 e. The van der Waals surface area contributed by atoms with Crippen molar-refractivity contribution in [2.75, 3.05) is 18.9 Å². The lowest BCUT2D eigenvalue weighted by Gasteiger charge is -2.03. The second kappa shape index (κ2) is 7.29. The van der Waals surface area contributed by atoms with Gasteiger partial charge in [0.1, 0.15) is 0 Å². The van der Waals surface area contributed by atoms with E-state index < -0.39 is 0 Å². The Kier molecular flexibility index (Phi) is 5.85. The third-order valence-corrected chi connectivity index (χ3v) is 2.26. The van der Waals surface area contributed by atoms with Crippen molar-refractivity contribution in [2.45, 2.75) is 39.2 Å². The zero-order chi connectivity index (χ0) is 10.9. The highest BCUT2D eigenvalue weighted by atomic mass is 16.5. The number of hydrogen-bond donors (Lipinski definition) is 1. The molecule has 1 aromatic heterocycles. The van der Waals surface area contributed by atoms with Gasteiger partial charge in [-0.3, -0.25) is 4.68 Å². The van der Waals surface area contributed by atoms with Crippen molar-refractivity contribution >= 4 is 5.69 Å². The minimum Gasteiger partial charge on any atom is -0.396 e. The fourth-order valence-electron chi connectivity index (χ4n) is 1.39. The van der Waals surface area contributed by atoms with Crippen molar-refractivity contribution in [3.8, 4) is 0 Å². The zero-order valence-corrected chi connectivity index (χ0v) is 9.48. The van der Waals surface area contributed by atoms with E-state index in [1.807, 2.05) is 6.20 Å². The van der Waals surface area contributed by atoms with Gasteiger partial charge in [-0.25, -0.2) is 0 Å². The molecular formula is C11H21N3O. The molecule has 0 unspecified atom stereocenters. The van der Waals surface area contributed by atoms with E-state index in [0.29, 0.717) is 12.3 Å². The summed E-state index contributed by atoms with van der Waals surface area (Å²) in [4.78, 5) is 0. The third kappa shape index (κ3) is 5.42. The van der Waals surface area contributed by atoms with Crippen molar-refractivity contribution < 1.29 is 4.74 Å². The Balaban J connectivity index is 1.93. The van der Waals surface area contributed by atoms with Crippen molar-refractivity contribution in [2.24, 2.45) is 0 Å². The molecular weight excluding hydrogens is 190 g/mol. The molecule has 0 spiro atoms. The molecule has 0 atom stereocenters. The number of hydrogen-bond acceptors (Lipinski definition) is 3. The number of nitrogens with two attached hydrogens (primary N) is 1. The van der Waals surface area contributed by atoms with Crippen LogP contribution in [0.25, 0.3) is 0 Å². The third-order valence-electron chi connectivity index (χ3n) is 2.26. The highest BCUT2D eigenvalue weighted by Gasteiger charge is 1.94. The van der Waals surface area contributed by atoms with Gasteiger partial charge in [0.05, 0.1) is 25.0 Å². The summed E-state index contributed by atoms with van der Waals surface area (Å²) in [6, 6.07) is 0. The molecule has 0 aromatic carbocycles. The van der Waals surface area contributed by atoms with Crippen LogP contribution in [0, 0.1) is 0 Å². The number of nitrogen functional groups attached to an aromatic ring is 1. The molecule has 0 aliphatic rings. The van der Waals surface area contributed by atoms with E-state index in [-0.39, 0.29) is 0 Å². The smallest absolute Gasteiger partial charge is 0.0719 e. The Morgan fingerprint density at radius 2 is 2.20 bits per heavy atom. The van der Waals surface area contributed by atoms with Crippen molar-refractivity contribution in [1.82, 2.24) is 9.78 Å². The number of ether oxygens (including phenoxy) is 1. The molecule has 0 bridgehead atoms. The molecule has 0 saturated heterocycles. The Hall–Kier alpha value is -1.03. The average molecular weight is 211 g/mol. The molecule has 0 amide bonds. The van der Waals surface area contributed by atoms with E-state index >= 15 is 0 Å². The predicted molar refractivity (Wildman–Crippen MR) is 61.6 cm³/mol. The molecule has 1 heterocycles. The first-order chi connectivity index (χ1) is 7.33.